The minimum Gasteiger partial charge on any atom is -0.504 e. The smallest absolute Gasteiger partial charge is 0.248 e. The topological polar surface area (TPSA) is 58.6 Å². The monoisotopic (exact) mass is 319 g/mol. The minimum absolute atomic E-state index is 0.0362. The number of amides is 1. The standard InChI is InChI=1S/C20H17NO3/c1-24-19-11-9-14(13-18(19)22)10-12-20(23)21-17-8-4-6-15-5-2-3-7-16(15)17/h2-13,22H,1H3,(H,21,23). The number of benzene rings is 3. The van der Waals surface area contributed by atoms with Crippen molar-refractivity contribution in [3.05, 3.63) is 72.3 Å². The number of ether oxygens (including phenoxy) is 1. The van der Waals surface area contributed by atoms with Gasteiger partial charge in [0.1, 0.15) is 0 Å². The Labute approximate surface area is 140 Å². The predicted molar refractivity (Wildman–Crippen MR) is 96.3 cm³/mol. The van der Waals surface area contributed by atoms with Gasteiger partial charge in [0.05, 0.1) is 7.11 Å². The Morgan fingerprint density at radius 3 is 2.67 bits per heavy atom. The Morgan fingerprint density at radius 2 is 1.88 bits per heavy atom. The molecule has 1 amide bonds. The molecule has 3 rings (SSSR count). The number of anilines is 1. The quantitative estimate of drug-likeness (QED) is 0.708. The van der Waals surface area contributed by atoms with E-state index in [4.69, 9.17) is 4.74 Å². The fraction of sp³-hybridized carbons (Fsp3) is 0.0500. The number of phenols is 1. The first-order valence-corrected chi connectivity index (χ1v) is 7.51. The highest BCUT2D eigenvalue weighted by Crippen LogP contribution is 2.27. The maximum absolute atomic E-state index is 12.2. The van der Waals surface area contributed by atoms with Crippen molar-refractivity contribution in [1.82, 2.24) is 0 Å². The number of rotatable bonds is 4. The molecule has 0 bridgehead atoms. The number of hydrogen-bond donors (Lipinski definition) is 2. The van der Waals surface area contributed by atoms with Gasteiger partial charge in [0.25, 0.3) is 0 Å². The Morgan fingerprint density at radius 1 is 1.08 bits per heavy atom. The summed E-state index contributed by atoms with van der Waals surface area (Å²) in [6.07, 6.45) is 3.07. The molecule has 0 heterocycles. The van der Waals surface area contributed by atoms with Crippen LogP contribution in [0.15, 0.2) is 66.7 Å². The molecule has 0 spiro atoms. The third-order valence-corrected chi connectivity index (χ3v) is 3.68. The Bertz CT molecular complexity index is 910. The maximum Gasteiger partial charge on any atom is 0.248 e. The van der Waals surface area contributed by atoms with E-state index in [-0.39, 0.29) is 11.7 Å². The highest BCUT2D eigenvalue weighted by Gasteiger charge is 2.04. The molecule has 4 heteroatoms. The van der Waals surface area contributed by atoms with Crippen molar-refractivity contribution in [3.63, 3.8) is 0 Å². The molecule has 4 nitrogen and oxygen atoms in total. The van der Waals surface area contributed by atoms with Crippen LogP contribution < -0.4 is 10.1 Å². The van der Waals surface area contributed by atoms with Gasteiger partial charge < -0.3 is 15.2 Å². The minimum atomic E-state index is -0.235. The molecule has 0 aliphatic carbocycles. The van der Waals surface area contributed by atoms with Gasteiger partial charge in [-0.1, -0.05) is 42.5 Å². The zero-order chi connectivity index (χ0) is 16.9. The molecule has 0 aromatic heterocycles. The molecule has 0 aliphatic rings. The number of fused-ring (bicyclic) bond motifs is 1. The first kappa shape index (κ1) is 15.6. The number of nitrogens with one attached hydrogen (secondary N) is 1. The molecule has 3 aromatic carbocycles. The molecule has 3 aromatic rings. The van der Waals surface area contributed by atoms with Crippen LogP contribution in [0.2, 0.25) is 0 Å². The zero-order valence-electron chi connectivity index (χ0n) is 13.2. The maximum atomic E-state index is 12.2. The van der Waals surface area contributed by atoms with Crippen molar-refractivity contribution in [2.24, 2.45) is 0 Å². The van der Waals surface area contributed by atoms with Crippen LogP contribution in [0.3, 0.4) is 0 Å². The molecular formula is C20H17NO3. The lowest BCUT2D eigenvalue weighted by Gasteiger charge is -2.07. The van der Waals surface area contributed by atoms with Crippen LogP contribution in [0.1, 0.15) is 5.56 Å². The summed E-state index contributed by atoms with van der Waals surface area (Å²) < 4.78 is 4.99. The van der Waals surface area contributed by atoms with E-state index in [9.17, 15) is 9.90 Å². The number of methoxy groups -OCH3 is 1. The Hall–Kier alpha value is -3.27. The molecule has 0 saturated carbocycles. The summed E-state index contributed by atoms with van der Waals surface area (Å²) in [6, 6.07) is 18.6. The van der Waals surface area contributed by atoms with Gasteiger partial charge in [-0.15, -0.1) is 0 Å². The lowest BCUT2D eigenvalue weighted by atomic mass is 10.1. The van der Waals surface area contributed by atoms with Crippen LogP contribution in [-0.2, 0) is 4.79 Å². The van der Waals surface area contributed by atoms with Crippen LogP contribution in [0, 0.1) is 0 Å². The molecular weight excluding hydrogens is 302 g/mol. The largest absolute Gasteiger partial charge is 0.504 e. The molecule has 2 N–H and O–H groups in total. The van der Waals surface area contributed by atoms with E-state index in [0.29, 0.717) is 11.3 Å². The van der Waals surface area contributed by atoms with Crippen LogP contribution in [0.4, 0.5) is 5.69 Å². The van der Waals surface area contributed by atoms with Crippen molar-refractivity contribution in [2.45, 2.75) is 0 Å². The Balaban J connectivity index is 1.76. The number of carbonyl (C=O) groups excluding carboxylic acids is 1. The first-order valence-electron chi connectivity index (χ1n) is 7.51. The molecule has 120 valence electrons. The number of hydrogen-bond acceptors (Lipinski definition) is 3. The second-order valence-electron chi connectivity index (χ2n) is 5.28. The molecule has 0 unspecified atom stereocenters. The van der Waals surface area contributed by atoms with Gasteiger partial charge in [-0.25, -0.2) is 0 Å². The summed E-state index contributed by atoms with van der Waals surface area (Å²) >= 11 is 0. The third kappa shape index (κ3) is 3.38. The van der Waals surface area contributed by atoms with Crippen LogP contribution in [0.5, 0.6) is 11.5 Å². The summed E-state index contributed by atoms with van der Waals surface area (Å²) in [7, 11) is 1.49. The van der Waals surface area contributed by atoms with Crippen molar-refractivity contribution in [1.29, 1.82) is 0 Å². The number of aromatic hydroxyl groups is 1. The van der Waals surface area contributed by atoms with Gasteiger partial charge in [0.2, 0.25) is 5.91 Å². The molecule has 0 radical (unpaired) electrons. The van der Waals surface area contributed by atoms with Crippen molar-refractivity contribution in [3.8, 4) is 11.5 Å². The van der Waals surface area contributed by atoms with E-state index in [0.717, 1.165) is 16.5 Å². The van der Waals surface area contributed by atoms with E-state index in [1.54, 1.807) is 24.3 Å². The van der Waals surface area contributed by atoms with Crippen molar-refractivity contribution < 1.29 is 14.6 Å². The fourth-order valence-corrected chi connectivity index (χ4v) is 2.49. The zero-order valence-corrected chi connectivity index (χ0v) is 13.2. The normalized spacial score (nSPS) is 10.9. The average molecular weight is 319 g/mol. The van der Waals surface area contributed by atoms with Gasteiger partial charge in [0.15, 0.2) is 11.5 Å². The van der Waals surface area contributed by atoms with Gasteiger partial charge in [-0.3, -0.25) is 4.79 Å². The molecule has 0 fully saturated rings. The first-order chi connectivity index (χ1) is 11.7. The molecule has 0 atom stereocenters. The average Bonchev–Trinajstić information content (AvgIpc) is 2.60. The van der Waals surface area contributed by atoms with Gasteiger partial charge >= 0.3 is 0 Å². The van der Waals surface area contributed by atoms with Crippen LogP contribution in [-0.4, -0.2) is 18.1 Å². The summed E-state index contributed by atoms with van der Waals surface area (Å²) in [5, 5.41) is 14.7. The molecule has 24 heavy (non-hydrogen) atoms. The second-order valence-corrected chi connectivity index (χ2v) is 5.28. The second kappa shape index (κ2) is 6.87. The van der Waals surface area contributed by atoms with E-state index >= 15 is 0 Å². The summed E-state index contributed by atoms with van der Waals surface area (Å²) in [5.41, 5.74) is 1.47. The van der Waals surface area contributed by atoms with E-state index in [2.05, 4.69) is 5.32 Å². The SMILES string of the molecule is COc1ccc(C=CC(=O)Nc2cccc3ccccc23)cc1O. The summed E-state index contributed by atoms with van der Waals surface area (Å²) in [4.78, 5) is 12.2. The Kier molecular flexibility index (Phi) is 4.47. The lowest BCUT2D eigenvalue weighted by Crippen LogP contribution is -2.07. The van der Waals surface area contributed by atoms with Crippen molar-refractivity contribution >= 4 is 28.4 Å². The van der Waals surface area contributed by atoms with Gasteiger partial charge in [-0.2, -0.15) is 0 Å². The third-order valence-electron chi connectivity index (χ3n) is 3.68. The summed E-state index contributed by atoms with van der Waals surface area (Å²) in [6.45, 7) is 0. The number of carbonyl (C=O) groups is 1. The predicted octanol–water partition coefficient (Wildman–Crippen LogP) is 4.21. The lowest BCUT2D eigenvalue weighted by molar-refractivity contribution is -0.111. The highest BCUT2D eigenvalue weighted by molar-refractivity contribution is 6.07. The fourth-order valence-electron chi connectivity index (χ4n) is 2.49. The molecule has 0 aliphatic heterocycles. The number of phenolic OH excluding ortho intramolecular Hbond substituents is 1. The van der Waals surface area contributed by atoms with E-state index in [1.807, 2.05) is 42.5 Å². The molecule has 0 saturated heterocycles. The van der Waals surface area contributed by atoms with Crippen molar-refractivity contribution in [2.75, 3.05) is 12.4 Å². The summed E-state index contributed by atoms with van der Waals surface area (Å²) in [5.74, 6) is 0.197. The van der Waals surface area contributed by atoms with E-state index < -0.39 is 0 Å². The van der Waals surface area contributed by atoms with Gasteiger partial charge in [-0.05, 0) is 35.2 Å². The highest BCUT2D eigenvalue weighted by atomic mass is 16.5. The van der Waals surface area contributed by atoms with E-state index in [1.165, 1.54) is 13.2 Å². The van der Waals surface area contributed by atoms with Crippen LogP contribution >= 0.6 is 0 Å². The van der Waals surface area contributed by atoms with Crippen LogP contribution in [0.25, 0.3) is 16.8 Å². The van der Waals surface area contributed by atoms with Gasteiger partial charge in [0, 0.05) is 17.1 Å².